The number of hydrogen-bond donors (Lipinski definition) is 1. The van der Waals surface area contributed by atoms with E-state index >= 15 is 0 Å². The van der Waals surface area contributed by atoms with Crippen molar-refractivity contribution in [3.05, 3.63) is 57.7 Å². The van der Waals surface area contributed by atoms with E-state index in [1.165, 1.54) is 11.3 Å². The van der Waals surface area contributed by atoms with E-state index in [0.29, 0.717) is 18.3 Å². The standard InChI is InChI=1S/C21H22ClN3O2S/c1-13-10-16(14(2)25(13)11-15-6-3-4-7-17(15)22)18-12-28-21(23-18)24-20(26)19-8-5-9-27-19/h3-4,6-7,10,12,19H,5,8-9,11H2,1-2H3,(H,23,24,26). The van der Waals surface area contributed by atoms with Gasteiger partial charge in [0.1, 0.15) is 6.10 Å². The maximum atomic E-state index is 12.2. The number of amides is 1. The molecule has 2 aromatic heterocycles. The molecule has 3 heterocycles. The van der Waals surface area contributed by atoms with Crippen LogP contribution in [0.4, 0.5) is 5.13 Å². The summed E-state index contributed by atoms with van der Waals surface area (Å²) in [5, 5.41) is 6.23. The molecule has 1 N–H and O–H groups in total. The van der Waals surface area contributed by atoms with Gasteiger partial charge in [-0.2, -0.15) is 0 Å². The van der Waals surface area contributed by atoms with Crippen molar-refractivity contribution in [3.8, 4) is 11.3 Å². The zero-order valence-electron chi connectivity index (χ0n) is 15.9. The van der Waals surface area contributed by atoms with E-state index in [1.807, 2.05) is 29.6 Å². The predicted molar refractivity (Wildman–Crippen MR) is 113 cm³/mol. The van der Waals surface area contributed by atoms with Crippen molar-refractivity contribution in [2.24, 2.45) is 0 Å². The Hall–Kier alpha value is -2.15. The van der Waals surface area contributed by atoms with Crippen molar-refractivity contribution in [1.29, 1.82) is 0 Å². The van der Waals surface area contributed by atoms with E-state index < -0.39 is 0 Å². The maximum Gasteiger partial charge on any atom is 0.255 e. The lowest BCUT2D eigenvalue weighted by Crippen LogP contribution is -2.26. The van der Waals surface area contributed by atoms with Gasteiger partial charge < -0.3 is 9.30 Å². The first kappa shape index (κ1) is 19.2. The van der Waals surface area contributed by atoms with Crippen molar-refractivity contribution in [2.45, 2.75) is 39.3 Å². The highest BCUT2D eigenvalue weighted by atomic mass is 35.5. The van der Waals surface area contributed by atoms with Gasteiger partial charge in [-0.05, 0) is 44.4 Å². The molecular formula is C21H22ClN3O2S. The van der Waals surface area contributed by atoms with Crippen LogP contribution in [0.2, 0.25) is 5.02 Å². The van der Waals surface area contributed by atoms with Gasteiger partial charge in [0.15, 0.2) is 5.13 Å². The number of halogens is 1. The second-order valence-electron chi connectivity index (χ2n) is 6.99. The molecule has 0 saturated carbocycles. The van der Waals surface area contributed by atoms with E-state index in [2.05, 4.69) is 34.8 Å². The lowest BCUT2D eigenvalue weighted by molar-refractivity contribution is -0.124. The van der Waals surface area contributed by atoms with Gasteiger partial charge in [-0.15, -0.1) is 11.3 Å². The Bertz CT molecular complexity index is 1010. The van der Waals surface area contributed by atoms with Gasteiger partial charge in [0.2, 0.25) is 0 Å². The fourth-order valence-corrected chi connectivity index (χ4v) is 4.43. The normalized spacial score (nSPS) is 16.5. The molecule has 1 aliphatic heterocycles. The minimum Gasteiger partial charge on any atom is -0.368 e. The third-order valence-electron chi connectivity index (χ3n) is 5.09. The molecule has 1 fully saturated rings. The summed E-state index contributed by atoms with van der Waals surface area (Å²) >= 11 is 7.77. The Balaban J connectivity index is 1.54. The number of hydrogen-bond acceptors (Lipinski definition) is 4. The van der Waals surface area contributed by atoms with Crippen molar-refractivity contribution in [1.82, 2.24) is 9.55 Å². The smallest absolute Gasteiger partial charge is 0.255 e. The van der Waals surface area contributed by atoms with Crippen LogP contribution in [0.1, 0.15) is 29.8 Å². The number of thiazole rings is 1. The number of carbonyl (C=O) groups excluding carboxylic acids is 1. The van der Waals surface area contributed by atoms with E-state index in [1.54, 1.807) is 0 Å². The number of nitrogens with zero attached hydrogens (tertiary/aromatic N) is 2. The Morgan fingerprint density at radius 2 is 2.21 bits per heavy atom. The zero-order chi connectivity index (χ0) is 19.7. The van der Waals surface area contributed by atoms with Crippen molar-refractivity contribution in [2.75, 3.05) is 11.9 Å². The summed E-state index contributed by atoms with van der Waals surface area (Å²) in [4.78, 5) is 16.9. The topological polar surface area (TPSA) is 56.1 Å². The average Bonchev–Trinajstić information content (AvgIpc) is 3.41. The second kappa shape index (κ2) is 8.07. The minimum absolute atomic E-state index is 0.109. The Morgan fingerprint density at radius 1 is 1.39 bits per heavy atom. The van der Waals surface area contributed by atoms with Crippen LogP contribution in [0.15, 0.2) is 35.7 Å². The SMILES string of the molecule is Cc1cc(-c2csc(NC(=O)C3CCCO3)n2)c(C)n1Cc1ccccc1Cl. The van der Waals surface area contributed by atoms with E-state index in [-0.39, 0.29) is 12.0 Å². The van der Waals surface area contributed by atoms with Crippen LogP contribution in [0, 0.1) is 13.8 Å². The van der Waals surface area contributed by atoms with Crippen LogP contribution >= 0.6 is 22.9 Å². The number of aromatic nitrogens is 2. The molecule has 1 atom stereocenters. The number of rotatable bonds is 5. The van der Waals surface area contributed by atoms with Crippen molar-refractivity contribution < 1.29 is 9.53 Å². The minimum atomic E-state index is -0.354. The number of carbonyl (C=O) groups is 1. The molecule has 4 rings (SSSR count). The van der Waals surface area contributed by atoms with Crippen LogP contribution in [0.5, 0.6) is 0 Å². The monoisotopic (exact) mass is 415 g/mol. The fraction of sp³-hybridized carbons (Fsp3) is 0.333. The van der Waals surface area contributed by atoms with Crippen LogP contribution in [0.3, 0.4) is 0 Å². The van der Waals surface area contributed by atoms with Gasteiger partial charge in [0.25, 0.3) is 5.91 Å². The lowest BCUT2D eigenvalue weighted by atomic mass is 10.2. The fourth-order valence-electron chi connectivity index (χ4n) is 3.53. The third kappa shape index (κ3) is 3.85. The van der Waals surface area contributed by atoms with Crippen LogP contribution < -0.4 is 5.32 Å². The summed E-state index contributed by atoms with van der Waals surface area (Å²) in [7, 11) is 0. The molecule has 146 valence electrons. The van der Waals surface area contributed by atoms with Gasteiger partial charge in [-0.1, -0.05) is 29.8 Å². The number of ether oxygens (including phenoxy) is 1. The molecule has 0 spiro atoms. The first-order valence-electron chi connectivity index (χ1n) is 9.31. The highest BCUT2D eigenvalue weighted by Gasteiger charge is 2.24. The van der Waals surface area contributed by atoms with Crippen molar-refractivity contribution >= 4 is 34.0 Å². The largest absolute Gasteiger partial charge is 0.368 e. The number of nitrogens with one attached hydrogen (secondary N) is 1. The Morgan fingerprint density at radius 3 is 2.96 bits per heavy atom. The number of anilines is 1. The van der Waals surface area contributed by atoms with Crippen LogP contribution in [0.25, 0.3) is 11.3 Å². The van der Waals surface area contributed by atoms with E-state index in [9.17, 15) is 4.79 Å². The van der Waals surface area contributed by atoms with Crippen molar-refractivity contribution in [3.63, 3.8) is 0 Å². The highest BCUT2D eigenvalue weighted by Crippen LogP contribution is 2.31. The average molecular weight is 416 g/mol. The van der Waals surface area contributed by atoms with Gasteiger partial charge in [-0.3, -0.25) is 10.1 Å². The highest BCUT2D eigenvalue weighted by molar-refractivity contribution is 7.14. The summed E-state index contributed by atoms with van der Waals surface area (Å²) in [6.45, 7) is 5.53. The second-order valence-corrected chi connectivity index (χ2v) is 8.26. The summed E-state index contributed by atoms with van der Waals surface area (Å²) < 4.78 is 7.67. The first-order valence-corrected chi connectivity index (χ1v) is 10.6. The Kier molecular flexibility index (Phi) is 5.53. The van der Waals surface area contributed by atoms with Gasteiger partial charge in [0, 0.05) is 40.5 Å². The molecule has 3 aromatic rings. The molecule has 1 amide bonds. The maximum absolute atomic E-state index is 12.2. The van der Waals surface area contributed by atoms with Crippen LogP contribution in [-0.4, -0.2) is 28.2 Å². The molecule has 28 heavy (non-hydrogen) atoms. The summed E-state index contributed by atoms with van der Waals surface area (Å²) in [6.07, 6.45) is 1.35. The molecule has 5 nitrogen and oxygen atoms in total. The summed E-state index contributed by atoms with van der Waals surface area (Å²) in [5.74, 6) is -0.109. The molecule has 1 saturated heterocycles. The lowest BCUT2D eigenvalue weighted by Gasteiger charge is -2.11. The molecular weight excluding hydrogens is 394 g/mol. The molecule has 1 unspecified atom stereocenters. The molecule has 1 aliphatic rings. The van der Waals surface area contributed by atoms with E-state index in [0.717, 1.165) is 46.1 Å². The first-order chi connectivity index (χ1) is 13.5. The number of benzene rings is 1. The molecule has 1 aromatic carbocycles. The van der Waals surface area contributed by atoms with Gasteiger partial charge in [0.05, 0.1) is 5.69 Å². The molecule has 0 bridgehead atoms. The third-order valence-corrected chi connectivity index (χ3v) is 6.22. The molecule has 0 radical (unpaired) electrons. The van der Waals surface area contributed by atoms with Gasteiger partial charge >= 0.3 is 0 Å². The zero-order valence-corrected chi connectivity index (χ0v) is 17.4. The summed E-state index contributed by atoms with van der Waals surface area (Å²) in [6, 6.07) is 10.0. The quantitative estimate of drug-likeness (QED) is 0.634. The molecule has 0 aliphatic carbocycles. The predicted octanol–water partition coefficient (Wildman–Crippen LogP) is 5.05. The molecule has 7 heteroatoms. The van der Waals surface area contributed by atoms with Gasteiger partial charge in [-0.25, -0.2) is 4.98 Å². The Labute approximate surface area is 173 Å². The van der Waals surface area contributed by atoms with E-state index in [4.69, 9.17) is 16.3 Å². The summed E-state index contributed by atoms with van der Waals surface area (Å²) in [5.41, 5.74) is 5.29. The van der Waals surface area contributed by atoms with Crippen LogP contribution in [-0.2, 0) is 16.1 Å². The number of aryl methyl sites for hydroxylation is 1.